The van der Waals surface area contributed by atoms with Crippen molar-refractivity contribution in [3.8, 4) is 101 Å². The van der Waals surface area contributed by atoms with Gasteiger partial charge in [-0.05, 0) is 117 Å². The van der Waals surface area contributed by atoms with E-state index >= 15 is 0 Å². The lowest BCUT2D eigenvalue weighted by molar-refractivity contribution is 1.21. The van der Waals surface area contributed by atoms with Crippen LogP contribution < -0.4 is 0 Å². The van der Waals surface area contributed by atoms with Gasteiger partial charge in [0.1, 0.15) is 22.1 Å². The number of aromatic nitrogens is 8. The molecule has 20 aromatic rings. The molecule has 4 aromatic heterocycles. The Bertz CT molecular complexity index is 6740. The molecule has 0 fully saturated rings. The van der Waals surface area contributed by atoms with E-state index in [-0.39, 0.29) is 0 Å². The summed E-state index contributed by atoms with van der Waals surface area (Å²) >= 11 is 0. The maximum atomic E-state index is 5.51. The van der Waals surface area contributed by atoms with Gasteiger partial charge in [-0.15, -0.1) is 0 Å². The molecule has 0 aliphatic carbocycles. The first-order chi connectivity index (χ1) is 49.6. The summed E-state index contributed by atoms with van der Waals surface area (Å²) in [6.07, 6.45) is 8.00. The van der Waals surface area contributed by atoms with Gasteiger partial charge in [-0.1, -0.05) is 285 Å². The molecule has 20 rings (SSSR count). The van der Waals surface area contributed by atoms with E-state index in [1.54, 1.807) is 0 Å². The second-order valence-electron chi connectivity index (χ2n) is 25.7. The summed E-state index contributed by atoms with van der Waals surface area (Å²) in [6.45, 7) is 0. The molecular weight excluding hydrogens is 1220 g/mol. The highest BCUT2D eigenvalue weighted by Crippen LogP contribution is 2.46. The molecule has 0 N–H and O–H groups in total. The molecule has 0 bridgehead atoms. The van der Waals surface area contributed by atoms with Gasteiger partial charge >= 0.3 is 0 Å². The smallest absolute Gasteiger partial charge is 0.159 e. The van der Waals surface area contributed by atoms with E-state index in [0.29, 0.717) is 23.3 Å². The van der Waals surface area contributed by atoms with Crippen molar-refractivity contribution >= 4 is 108 Å². The molecule has 0 saturated heterocycles. The van der Waals surface area contributed by atoms with Crippen molar-refractivity contribution in [1.29, 1.82) is 0 Å². The van der Waals surface area contributed by atoms with Crippen LogP contribution in [0.2, 0.25) is 0 Å². The molecule has 462 valence electrons. The predicted molar refractivity (Wildman–Crippen MR) is 413 cm³/mol. The Morgan fingerprint density at radius 3 is 0.640 bits per heavy atom. The third-order valence-corrected chi connectivity index (χ3v) is 20.0. The number of hydrogen-bond acceptors (Lipinski definition) is 8. The van der Waals surface area contributed by atoms with Crippen molar-refractivity contribution < 1.29 is 0 Å². The Kier molecular flexibility index (Phi) is 13.1. The van der Waals surface area contributed by atoms with E-state index in [9.17, 15) is 0 Å². The Balaban J connectivity index is 0.629. The molecule has 8 heteroatoms. The second kappa shape index (κ2) is 23.1. The lowest BCUT2D eigenvalue weighted by Gasteiger charge is -2.16. The summed E-state index contributed by atoms with van der Waals surface area (Å²) in [5, 5.41) is 17.4. The molecule has 0 unspecified atom stereocenters. The minimum Gasteiger partial charge on any atom is -0.236 e. The molecule has 16 aromatic carbocycles. The number of rotatable bonds is 9. The van der Waals surface area contributed by atoms with Crippen LogP contribution in [-0.4, -0.2) is 39.9 Å². The van der Waals surface area contributed by atoms with E-state index in [2.05, 4.69) is 291 Å². The minimum absolute atomic E-state index is 0.619. The van der Waals surface area contributed by atoms with Crippen molar-refractivity contribution in [2.24, 2.45) is 0 Å². The summed E-state index contributed by atoms with van der Waals surface area (Å²) in [7, 11) is 0. The van der Waals surface area contributed by atoms with Crippen LogP contribution in [0.5, 0.6) is 0 Å². The van der Waals surface area contributed by atoms with Gasteiger partial charge in [0.25, 0.3) is 0 Å². The van der Waals surface area contributed by atoms with Gasteiger partial charge in [0, 0.05) is 90.1 Å². The number of nitrogens with zero attached hydrogens (tertiary/aromatic N) is 8. The van der Waals surface area contributed by atoms with Crippen molar-refractivity contribution in [3.63, 3.8) is 0 Å². The van der Waals surface area contributed by atoms with E-state index in [4.69, 9.17) is 39.9 Å². The Hall–Kier alpha value is -13.6. The summed E-state index contributed by atoms with van der Waals surface area (Å²) in [4.78, 5) is 42.4. The van der Waals surface area contributed by atoms with Crippen molar-refractivity contribution in [1.82, 2.24) is 39.9 Å². The third kappa shape index (κ3) is 9.37. The molecule has 100 heavy (non-hydrogen) atoms. The van der Waals surface area contributed by atoms with Crippen LogP contribution in [-0.2, 0) is 0 Å². The molecular formula is C92H54N8. The van der Waals surface area contributed by atoms with E-state index in [1.807, 2.05) is 36.9 Å². The quantitative estimate of drug-likeness (QED) is 0.132. The van der Waals surface area contributed by atoms with Crippen LogP contribution in [0.15, 0.2) is 328 Å². The van der Waals surface area contributed by atoms with Gasteiger partial charge < -0.3 is 0 Å². The average molecular weight is 1270 g/mol. The largest absolute Gasteiger partial charge is 0.236 e. The zero-order valence-electron chi connectivity index (χ0n) is 53.8. The summed E-state index contributed by atoms with van der Waals surface area (Å²) in [5.74, 6) is 2.51. The van der Waals surface area contributed by atoms with Gasteiger partial charge in [0.2, 0.25) is 0 Å². The normalized spacial score (nSPS) is 11.8. The van der Waals surface area contributed by atoms with Crippen LogP contribution in [0.25, 0.3) is 209 Å². The highest BCUT2D eigenvalue weighted by molar-refractivity contribution is 6.40. The van der Waals surface area contributed by atoms with Crippen molar-refractivity contribution in [2.75, 3.05) is 0 Å². The van der Waals surface area contributed by atoms with Crippen molar-refractivity contribution in [2.45, 2.75) is 0 Å². The fourth-order valence-electron chi connectivity index (χ4n) is 15.2. The van der Waals surface area contributed by atoms with Gasteiger partial charge in [0.05, 0.1) is 0 Å². The minimum atomic E-state index is 0.619. The van der Waals surface area contributed by atoms with Crippen LogP contribution in [0, 0.1) is 0 Å². The topological polar surface area (TPSA) is 103 Å². The van der Waals surface area contributed by atoms with Crippen LogP contribution in [0.4, 0.5) is 0 Å². The lowest BCUT2D eigenvalue weighted by atomic mass is 9.90. The molecule has 0 atom stereocenters. The van der Waals surface area contributed by atoms with E-state index < -0.39 is 0 Å². The van der Waals surface area contributed by atoms with E-state index in [1.165, 1.54) is 21.5 Å². The van der Waals surface area contributed by atoms with E-state index in [0.717, 1.165) is 165 Å². The molecule has 0 amide bonds. The number of benzene rings is 16. The van der Waals surface area contributed by atoms with Gasteiger partial charge in [-0.2, -0.15) is 0 Å². The predicted octanol–water partition coefficient (Wildman–Crippen LogP) is 23.4. The van der Waals surface area contributed by atoms with Crippen molar-refractivity contribution in [3.05, 3.63) is 328 Å². The molecule has 8 nitrogen and oxygen atoms in total. The fourth-order valence-corrected chi connectivity index (χ4v) is 15.2. The fraction of sp³-hybridized carbons (Fsp3) is 0. The highest BCUT2D eigenvalue weighted by Gasteiger charge is 2.23. The molecule has 0 spiro atoms. The number of hydrogen-bond donors (Lipinski definition) is 0. The SMILES string of the molecule is c1ccc(-c2ccc(-c3ncc4c(n3)c3nc(-c5ccc(-c6cccc(-c7ccc(-c8cccc(-c9ncc%10c(n9)c9nc(-c%11cccc(-c%12ccccc%12)c%11)ncc9c9c%11ccccc%11c%11ccccc%11c%109)c8)cc7)c6)cc5)ncc3c3c5ccccc5c5ccccc5c43)cc2)cc1. The Morgan fingerprint density at radius 2 is 0.340 bits per heavy atom. The zero-order valence-corrected chi connectivity index (χ0v) is 53.8. The molecule has 0 radical (unpaired) electrons. The number of fused-ring (bicyclic) bond motifs is 22. The lowest BCUT2D eigenvalue weighted by Crippen LogP contribution is -1.98. The maximum Gasteiger partial charge on any atom is 0.159 e. The average Bonchev–Trinajstić information content (AvgIpc) is 0.712. The maximum absolute atomic E-state index is 5.51. The third-order valence-electron chi connectivity index (χ3n) is 20.0. The van der Waals surface area contributed by atoms with Crippen LogP contribution in [0.3, 0.4) is 0 Å². The Labute approximate surface area is 574 Å². The standard InChI is InChI=1S/C92H54N8/c1-3-18-55(19-4-1)57-40-44-61(45-41-57)89-93-51-77-81-73-32-11-7-28-69(73)70-29-8-12-33-74(70)82(81)78-52-94-90(98-86(78)85(77)97-89)62-46-42-60(43-47-62)64-23-15-22-63(48-64)58-36-38-59(39-37-58)66-25-17-27-68(50-66)92-96-54-80-84-76-35-14-10-31-72(76)71-30-9-13-34-75(71)83(84)79-53-95-91(99-87(79)88(80)100-92)67-26-16-24-65(49-67)56-20-5-2-6-21-56/h1-54H. The molecule has 0 aliphatic heterocycles. The van der Waals surface area contributed by atoms with Crippen LogP contribution in [0.1, 0.15) is 0 Å². The van der Waals surface area contributed by atoms with Gasteiger partial charge in [-0.25, -0.2) is 39.9 Å². The first-order valence-corrected chi connectivity index (χ1v) is 33.7. The first kappa shape index (κ1) is 56.8. The first-order valence-electron chi connectivity index (χ1n) is 33.7. The van der Waals surface area contributed by atoms with Gasteiger partial charge in [-0.3, -0.25) is 0 Å². The Morgan fingerprint density at radius 1 is 0.140 bits per heavy atom. The summed E-state index contributed by atoms with van der Waals surface area (Å²) < 4.78 is 0. The molecule has 0 aliphatic rings. The second-order valence-corrected chi connectivity index (χ2v) is 25.7. The molecule has 4 heterocycles. The molecule has 0 saturated carbocycles. The monoisotopic (exact) mass is 1270 g/mol. The van der Waals surface area contributed by atoms with Crippen LogP contribution >= 0.6 is 0 Å². The summed E-state index contributed by atoms with van der Waals surface area (Å²) in [6, 6.07) is 107. The highest BCUT2D eigenvalue weighted by atomic mass is 14.9. The summed E-state index contributed by atoms with van der Waals surface area (Å²) in [5.41, 5.74) is 17.9. The zero-order chi connectivity index (χ0) is 65.8. The van der Waals surface area contributed by atoms with Gasteiger partial charge in [0.15, 0.2) is 23.3 Å².